The van der Waals surface area contributed by atoms with Crippen LogP contribution in [0.1, 0.15) is 16.8 Å². The van der Waals surface area contributed by atoms with Gasteiger partial charge in [-0.1, -0.05) is 5.92 Å². The van der Waals surface area contributed by atoms with E-state index in [0.717, 1.165) is 41.1 Å². The van der Waals surface area contributed by atoms with Crippen molar-refractivity contribution in [2.24, 2.45) is 0 Å². The summed E-state index contributed by atoms with van der Waals surface area (Å²) in [6, 6.07) is 3.33. The lowest BCUT2D eigenvalue weighted by Crippen LogP contribution is -2.34. The van der Waals surface area contributed by atoms with Crippen molar-refractivity contribution < 1.29 is 45.1 Å². The summed E-state index contributed by atoms with van der Waals surface area (Å²) in [6.45, 7) is -0.727. The summed E-state index contributed by atoms with van der Waals surface area (Å²) in [6.07, 6.45) is -9.59. The highest BCUT2D eigenvalue weighted by Gasteiger charge is 2.44. The number of aromatic nitrogens is 2. The summed E-state index contributed by atoms with van der Waals surface area (Å²) in [5.74, 6) is 3.41. The smallest absolute Gasteiger partial charge is 0.407 e. The molecular weight excluding hydrogens is 577 g/mol. The molecule has 1 aliphatic heterocycles. The van der Waals surface area contributed by atoms with Gasteiger partial charge in [0.15, 0.2) is 5.75 Å². The van der Waals surface area contributed by atoms with Crippen LogP contribution in [0.5, 0.6) is 5.75 Å². The minimum atomic E-state index is -5.42. The molecule has 1 aromatic heterocycles. The Morgan fingerprint density at radius 3 is 2.33 bits per heavy atom. The van der Waals surface area contributed by atoms with E-state index >= 15 is 0 Å². The number of nitrogens with zero attached hydrogens (tertiary/aromatic N) is 5. The summed E-state index contributed by atoms with van der Waals surface area (Å²) in [7, 11) is 1.10. The first-order valence-corrected chi connectivity index (χ1v) is 11.8. The van der Waals surface area contributed by atoms with Crippen molar-refractivity contribution in [3.8, 4) is 17.6 Å². The molecule has 1 fully saturated rings. The van der Waals surface area contributed by atoms with Gasteiger partial charge in [-0.3, -0.25) is 9.80 Å². The number of benzene rings is 2. The molecule has 3 amide bonds. The standard InChI is InChI=1S/C26H19F7N6O3/c1-37(18-6-4-16(27)5-7-18)24(41)42-22-19(26(31,32)33)11-15(25(28,29)30)12-20(22)39-10-9-38(23(39)40)8-2-3-17-13-36-21(34)14-35-17/h4-7,11-14H,8-10H2,1H3,(H2,34,36). The zero-order valence-corrected chi connectivity index (χ0v) is 21.4. The molecule has 3 aromatic rings. The van der Waals surface area contributed by atoms with Gasteiger partial charge in [0.05, 0.1) is 30.2 Å². The van der Waals surface area contributed by atoms with Gasteiger partial charge in [-0.2, -0.15) is 26.3 Å². The third-order valence-electron chi connectivity index (χ3n) is 5.92. The van der Waals surface area contributed by atoms with Crippen molar-refractivity contribution in [2.75, 3.05) is 42.2 Å². The fourth-order valence-corrected chi connectivity index (χ4v) is 3.80. The SMILES string of the molecule is CN(C(=O)Oc1c(N2CCN(CC#Cc3cnc(N)cn3)C2=O)cc(C(F)(F)F)cc1C(F)(F)F)c1ccc(F)cc1. The number of hydrogen-bond donors (Lipinski definition) is 1. The van der Waals surface area contributed by atoms with Gasteiger partial charge >= 0.3 is 24.5 Å². The second-order valence-electron chi connectivity index (χ2n) is 8.76. The van der Waals surface area contributed by atoms with Gasteiger partial charge in [-0.05, 0) is 42.3 Å². The molecule has 2 N–H and O–H groups in total. The Morgan fingerprint density at radius 2 is 1.74 bits per heavy atom. The Balaban J connectivity index is 1.70. The van der Waals surface area contributed by atoms with Crippen LogP contribution in [0.25, 0.3) is 0 Å². The fraction of sp³-hybridized carbons (Fsp3) is 0.231. The maximum absolute atomic E-state index is 14.1. The lowest BCUT2D eigenvalue weighted by atomic mass is 10.1. The van der Waals surface area contributed by atoms with E-state index in [4.69, 9.17) is 10.5 Å². The van der Waals surface area contributed by atoms with Crippen molar-refractivity contribution in [3.05, 3.63) is 71.4 Å². The molecule has 42 heavy (non-hydrogen) atoms. The van der Waals surface area contributed by atoms with E-state index in [1.54, 1.807) is 0 Å². The Hall–Kier alpha value is -5.07. The van der Waals surface area contributed by atoms with Crippen LogP contribution in [0, 0.1) is 17.7 Å². The van der Waals surface area contributed by atoms with Gasteiger partial charge in [0.25, 0.3) is 0 Å². The molecule has 220 valence electrons. The highest BCUT2D eigenvalue weighted by atomic mass is 19.4. The predicted molar refractivity (Wildman–Crippen MR) is 135 cm³/mol. The second-order valence-corrected chi connectivity index (χ2v) is 8.76. The molecule has 2 heterocycles. The molecular formula is C26H19F7N6O3. The van der Waals surface area contributed by atoms with E-state index in [9.17, 15) is 40.3 Å². The topological polar surface area (TPSA) is 105 Å². The zero-order valence-electron chi connectivity index (χ0n) is 21.4. The number of rotatable bonds is 4. The van der Waals surface area contributed by atoms with Crippen LogP contribution >= 0.6 is 0 Å². The van der Waals surface area contributed by atoms with Crippen LogP contribution in [0.3, 0.4) is 0 Å². The first kappa shape index (κ1) is 29.9. The van der Waals surface area contributed by atoms with Gasteiger partial charge in [-0.25, -0.2) is 23.9 Å². The second kappa shape index (κ2) is 11.4. The molecule has 2 aromatic carbocycles. The number of nitrogens with two attached hydrogens (primary N) is 1. The van der Waals surface area contributed by atoms with Crippen molar-refractivity contribution in [3.63, 3.8) is 0 Å². The number of urea groups is 1. The van der Waals surface area contributed by atoms with Crippen LogP contribution in [0.4, 0.5) is 57.5 Å². The number of nitrogen functional groups attached to an aromatic ring is 1. The summed E-state index contributed by atoms with van der Waals surface area (Å²) in [5, 5.41) is 0. The molecule has 0 bridgehead atoms. The quantitative estimate of drug-likeness (QED) is 0.330. The molecule has 0 atom stereocenters. The Labute approximate surface area is 233 Å². The maximum Gasteiger partial charge on any atom is 0.420 e. The number of alkyl halides is 6. The summed E-state index contributed by atoms with van der Waals surface area (Å²) >= 11 is 0. The predicted octanol–water partition coefficient (Wildman–Crippen LogP) is 5.16. The Morgan fingerprint density at radius 1 is 1.05 bits per heavy atom. The third kappa shape index (κ3) is 6.62. The van der Waals surface area contributed by atoms with Crippen LogP contribution in [-0.2, 0) is 12.4 Å². The van der Waals surface area contributed by atoms with Crippen LogP contribution in [-0.4, -0.2) is 53.7 Å². The lowest BCUT2D eigenvalue weighted by Gasteiger charge is -2.25. The van der Waals surface area contributed by atoms with E-state index in [1.165, 1.54) is 12.4 Å². The van der Waals surface area contributed by atoms with Gasteiger partial charge in [0, 0.05) is 25.8 Å². The maximum atomic E-state index is 14.1. The molecule has 0 saturated carbocycles. The van der Waals surface area contributed by atoms with E-state index in [1.807, 2.05) is 0 Å². The molecule has 1 aliphatic rings. The zero-order chi connectivity index (χ0) is 30.8. The van der Waals surface area contributed by atoms with E-state index < -0.39 is 52.9 Å². The number of carbonyl (C=O) groups is 2. The average molecular weight is 596 g/mol. The van der Waals surface area contributed by atoms with Gasteiger partial charge in [-0.15, -0.1) is 0 Å². The fourth-order valence-electron chi connectivity index (χ4n) is 3.80. The van der Waals surface area contributed by atoms with E-state index in [2.05, 4.69) is 21.8 Å². The number of carbonyl (C=O) groups excluding carboxylic acids is 2. The van der Waals surface area contributed by atoms with Crippen molar-refractivity contribution in [1.82, 2.24) is 14.9 Å². The number of anilines is 3. The molecule has 0 spiro atoms. The molecule has 16 heteroatoms. The lowest BCUT2D eigenvalue weighted by molar-refractivity contribution is -0.143. The Kier molecular flexibility index (Phi) is 8.14. The normalized spacial score (nSPS) is 13.6. The molecule has 1 saturated heterocycles. The molecule has 0 aliphatic carbocycles. The van der Waals surface area contributed by atoms with Crippen LogP contribution in [0.2, 0.25) is 0 Å². The van der Waals surface area contributed by atoms with Crippen molar-refractivity contribution >= 4 is 29.3 Å². The largest absolute Gasteiger partial charge is 0.420 e. The Bertz CT molecular complexity index is 1550. The first-order valence-electron chi connectivity index (χ1n) is 11.8. The van der Waals surface area contributed by atoms with Crippen molar-refractivity contribution in [2.45, 2.75) is 12.4 Å². The first-order chi connectivity index (χ1) is 19.6. The minimum absolute atomic E-state index is 0.0104. The number of hydrogen-bond acceptors (Lipinski definition) is 6. The summed E-state index contributed by atoms with van der Waals surface area (Å²) in [5.41, 5.74) is 1.09. The summed E-state index contributed by atoms with van der Waals surface area (Å²) < 4.78 is 101. The van der Waals surface area contributed by atoms with Crippen LogP contribution in [0.15, 0.2) is 48.8 Å². The van der Waals surface area contributed by atoms with Gasteiger partial charge < -0.3 is 15.4 Å². The van der Waals surface area contributed by atoms with E-state index in [0.29, 0.717) is 11.0 Å². The third-order valence-corrected chi connectivity index (χ3v) is 5.92. The summed E-state index contributed by atoms with van der Waals surface area (Å²) in [4.78, 5) is 36.1. The number of halogens is 7. The molecule has 4 rings (SSSR count). The number of ether oxygens (including phenoxy) is 1. The van der Waals surface area contributed by atoms with Crippen LogP contribution < -0.4 is 20.3 Å². The minimum Gasteiger partial charge on any atom is -0.407 e. The highest BCUT2D eigenvalue weighted by molar-refractivity contribution is 5.98. The highest BCUT2D eigenvalue weighted by Crippen LogP contribution is 2.47. The number of amides is 3. The van der Waals surface area contributed by atoms with Gasteiger partial charge in [0.2, 0.25) is 0 Å². The van der Waals surface area contributed by atoms with Gasteiger partial charge in [0.1, 0.15) is 22.9 Å². The molecule has 9 nitrogen and oxygen atoms in total. The molecule has 0 radical (unpaired) electrons. The van der Waals surface area contributed by atoms with E-state index in [-0.39, 0.29) is 42.9 Å². The monoisotopic (exact) mass is 596 g/mol. The molecule has 0 unspecified atom stereocenters. The van der Waals surface area contributed by atoms with Crippen molar-refractivity contribution in [1.29, 1.82) is 0 Å². The average Bonchev–Trinajstić information content (AvgIpc) is 3.28.